The highest BCUT2D eigenvalue weighted by Gasteiger charge is 2.45. The fraction of sp³-hybridized carbons (Fsp3) is 0.450. The van der Waals surface area contributed by atoms with Crippen LogP contribution in [0.5, 0.6) is 11.5 Å². The minimum absolute atomic E-state index is 0.0254. The van der Waals surface area contributed by atoms with E-state index in [0.29, 0.717) is 23.2 Å². The number of benzene rings is 1. The van der Waals surface area contributed by atoms with E-state index >= 15 is 0 Å². The van der Waals surface area contributed by atoms with Crippen molar-refractivity contribution >= 4 is 28.3 Å². The Kier molecular flexibility index (Phi) is 6.51. The molecule has 0 aliphatic carbocycles. The summed E-state index contributed by atoms with van der Waals surface area (Å²) in [5.41, 5.74) is 0.781. The van der Waals surface area contributed by atoms with E-state index in [0.717, 1.165) is 18.4 Å². The van der Waals surface area contributed by atoms with Crippen LogP contribution in [0.2, 0.25) is 0 Å². The number of nitrogens with zero attached hydrogens (tertiary/aromatic N) is 2. The highest BCUT2D eigenvalue weighted by Crippen LogP contribution is 2.45. The SMILES string of the molecule is CCCCN1C(=O)C[C@H](C(=O)Nc2nccs2)[C@H]1c1cccc(OC)c1OC. The van der Waals surface area contributed by atoms with Crippen LogP contribution >= 0.6 is 11.3 Å². The normalized spacial score (nSPS) is 19.0. The standard InChI is InChI=1S/C20H25N3O4S/c1-4-5-10-23-16(24)12-14(19(25)22-20-21-9-11-28-20)17(23)13-7-6-8-15(26-2)18(13)27-3/h6-9,11,14,17H,4-5,10,12H2,1-3H3,(H,21,22,25)/t14-,17+/m0/s1. The number of carbonyl (C=O) groups is 2. The Hall–Kier alpha value is -2.61. The van der Waals surface area contributed by atoms with Crippen LogP contribution in [0.1, 0.15) is 37.8 Å². The maximum absolute atomic E-state index is 13.0. The number of rotatable bonds is 8. The van der Waals surface area contributed by atoms with Gasteiger partial charge >= 0.3 is 0 Å². The van der Waals surface area contributed by atoms with Crippen molar-refractivity contribution in [2.24, 2.45) is 5.92 Å². The highest BCUT2D eigenvalue weighted by molar-refractivity contribution is 7.13. The van der Waals surface area contributed by atoms with E-state index in [1.54, 1.807) is 36.8 Å². The maximum atomic E-state index is 13.0. The average Bonchev–Trinajstić information content (AvgIpc) is 3.33. The van der Waals surface area contributed by atoms with Crippen molar-refractivity contribution in [3.05, 3.63) is 35.3 Å². The Labute approximate surface area is 168 Å². The number of anilines is 1. The summed E-state index contributed by atoms with van der Waals surface area (Å²) in [6.45, 7) is 2.68. The quantitative estimate of drug-likeness (QED) is 0.730. The van der Waals surface area contributed by atoms with Gasteiger partial charge in [-0.15, -0.1) is 11.3 Å². The lowest BCUT2D eigenvalue weighted by Gasteiger charge is -2.29. The molecule has 0 unspecified atom stereocenters. The van der Waals surface area contributed by atoms with Gasteiger partial charge in [0, 0.05) is 30.1 Å². The Morgan fingerprint density at radius 1 is 1.36 bits per heavy atom. The van der Waals surface area contributed by atoms with Crippen molar-refractivity contribution < 1.29 is 19.1 Å². The first kappa shape index (κ1) is 20.1. The number of methoxy groups -OCH3 is 2. The van der Waals surface area contributed by atoms with Gasteiger partial charge in [-0.1, -0.05) is 25.5 Å². The van der Waals surface area contributed by atoms with E-state index in [1.807, 2.05) is 12.1 Å². The predicted octanol–water partition coefficient (Wildman–Crippen LogP) is 3.49. The number of unbranched alkanes of at least 4 members (excludes halogenated alkanes) is 1. The molecule has 8 heteroatoms. The van der Waals surface area contributed by atoms with Crippen LogP contribution in [0, 0.1) is 5.92 Å². The summed E-state index contributed by atoms with van der Waals surface area (Å²) in [5.74, 6) is 0.362. The number of aromatic nitrogens is 1. The number of likely N-dealkylation sites (tertiary alicyclic amines) is 1. The van der Waals surface area contributed by atoms with Gasteiger partial charge in [0.25, 0.3) is 0 Å². The van der Waals surface area contributed by atoms with E-state index in [-0.39, 0.29) is 18.2 Å². The second-order valence-corrected chi connectivity index (χ2v) is 7.50. The highest BCUT2D eigenvalue weighted by atomic mass is 32.1. The predicted molar refractivity (Wildman–Crippen MR) is 108 cm³/mol. The summed E-state index contributed by atoms with van der Waals surface area (Å²) >= 11 is 1.35. The lowest BCUT2D eigenvalue weighted by atomic mass is 9.91. The number of thiazole rings is 1. The first-order valence-corrected chi connectivity index (χ1v) is 10.2. The second-order valence-electron chi connectivity index (χ2n) is 6.61. The van der Waals surface area contributed by atoms with Gasteiger partial charge in [0.05, 0.1) is 26.2 Å². The van der Waals surface area contributed by atoms with Gasteiger partial charge in [-0.2, -0.15) is 0 Å². The lowest BCUT2D eigenvalue weighted by molar-refractivity contribution is -0.129. The van der Waals surface area contributed by atoms with E-state index in [9.17, 15) is 9.59 Å². The third-order valence-corrected chi connectivity index (χ3v) is 5.62. The first-order chi connectivity index (χ1) is 13.6. The Bertz CT molecular complexity index is 825. The monoisotopic (exact) mass is 403 g/mol. The summed E-state index contributed by atoms with van der Waals surface area (Å²) in [6.07, 6.45) is 3.62. The summed E-state index contributed by atoms with van der Waals surface area (Å²) in [7, 11) is 3.14. The van der Waals surface area contributed by atoms with Gasteiger partial charge in [-0.25, -0.2) is 4.98 Å². The van der Waals surface area contributed by atoms with Gasteiger partial charge in [-0.05, 0) is 12.5 Å². The summed E-state index contributed by atoms with van der Waals surface area (Å²) in [5, 5.41) is 5.17. The molecule has 1 fully saturated rings. The van der Waals surface area contributed by atoms with E-state index in [2.05, 4.69) is 17.2 Å². The summed E-state index contributed by atoms with van der Waals surface area (Å²) in [6, 6.07) is 5.14. The summed E-state index contributed by atoms with van der Waals surface area (Å²) in [4.78, 5) is 31.7. The van der Waals surface area contributed by atoms with Gasteiger partial charge in [0.15, 0.2) is 16.6 Å². The molecule has 1 aromatic carbocycles. The molecular formula is C20H25N3O4S. The molecule has 1 aromatic heterocycles. The van der Waals surface area contributed by atoms with Crippen LogP contribution in [0.4, 0.5) is 5.13 Å². The fourth-order valence-corrected chi connectivity index (χ4v) is 4.16. The minimum Gasteiger partial charge on any atom is -0.493 e. The number of hydrogen-bond donors (Lipinski definition) is 1. The van der Waals surface area contributed by atoms with Crippen molar-refractivity contribution in [2.45, 2.75) is 32.2 Å². The largest absolute Gasteiger partial charge is 0.493 e. The molecular weight excluding hydrogens is 378 g/mol. The number of carbonyl (C=O) groups excluding carboxylic acids is 2. The first-order valence-electron chi connectivity index (χ1n) is 9.31. The molecule has 2 amide bonds. The Morgan fingerprint density at radius 3 is 2.82 bits per heavy atom. The molecule has 0 spiro atoms. The number of para-hydroxylation sites is 1. The van der Waals surface area contributed by atoms with E-state index in [1.165, 1.54) is 11.3 Å². The van der Waals surface area contributed by atoms with Gasteiger partial charge < -0.3 is 19.7 Å². The van der Waals surface area contributed by atoms with Crippen LogP contribution < -0.4 is 14.8 Å². The maximum Gasteiger partial charge on any atom is 0.232 e. The molecule has 150 valence electrons. The average molecular weight is 404 g/mol. The van der Waals surface area contributed by atoms with Gasteiger partial charge in [0.2, 0.25) is 11.8 Å². The second kappa shape index (κ2) is 9.05. The third-order valence-electron chi connectivity index (χ3n) is 4.94. The van der Waals surface area contributed by atoms with Crippen molar-refractivity contribution in [3.8, 4) is 11.5 Å². The molecule has 3 rings (SSSR count). The van der Waals surface area contributed by atoms with E-state index in [4.69, 9.17) is 9.47 Å². The molecule has 2 heterocycles. The van der Waals surface area contributed by atoms with Crippen LogP contribution in [-0.2, 0) is 9.59 Å². The Balaban J connectivity index is 1.99. The number of nitrogens with one attached hydrogen (secondary N) is 1. The van der Waals surface area contributed by atoms with Crippen LogP contribution in [0.25, 0.3) is 0 Å². The van der Waals surface area contributed by atoms with Gasteiger partial charge in [0.1, 0.15) is 0 Å². The molecule has 2 atom stereocenters. The van der Waals surface area contributed by atoms with Crippen molar-refractivity contribution in [2.75, 3.05) is 26.1 Å². The molecule has 1 saturated heterocycles. The lowest BCUT2D eigenvalue weighted by Crippen LogP contribution is -2.33. The molecule has 0 saturated carbocycles. The molecule has 28 heavy (non-hydrogen) atoms. The van der Waals surface area contributed by atoms with Crippen molar-refractivity contribution in [1.82, 2.24) is 9.88 Å². The molecule has 1 N–H and O–H groups in total. The zero-order chi connectivity index (χ0) is 20.1. The zero-order valence-corrected chi connectivity index (χ0v) is 17.1. The molecule has 1 aliphatic heterocycles. The van der Waals surface area contributed by atoms with Crippen LogP contribution in [0.3, 0.4) is 0 Å². The molecule has 7 nitrogen and oxygen atoms in total. The number of amides is 2. The third kappa shape index (κ3) is 3.96. The number of hydrogen-bond acceptors (Lipinski definition) is 6. The smallest absolute Gasteiger partial charge is 0.232 e. The molecule has 2 aromatic rings. The van der Waals surface area contributed by atoms with E-state index < -0.39 is 12.0 Å². The minimum atomic E-state index is -0.533. The topological polar surface area (TPSA) is 80.8 Å². The molecule has 0 radical (unpaired) electrons. The van der Waals surface area contributed by atoms with Crippen LogP contribution in [0.15, 0.2) is 29.8 Å². The molecule has 0 bridgehead atoms. The van der Waals surface area contributed by atoms with Gasteiger partial charge in [-0.3, -0.25) is 9.59 Å². The fourth-order valence-electron chi connectivity index (χ4n) is 3.63. The zero-order valence-electron chi connectivity index (χ0n) is 16.3. The number of ether oxygens (including phenoxy) is 2. The van der Waals surface area contributed by atoms with Crippen molar-refractivity contribution in [3.63, 3.8) is 0 Å². The van der Waals surface area contributed by atoms with Crippen LogP contribution in [-0.4, -0.2) is 42.5 Å². The molecule has 1 aliphatic rings. The Morgan fingerprint density at radius 2 is 2.18 bits per heavy atom. The van der Waals surface area contributed by atoms with Crippen molar-refractivity contribution in [1.29, 1.82) is 0 Å². The summed E-state index contributed by atoms with van der Waals surface area (Å²) < 4.78 is 11.0.